The Kier molecular flexibility index (Phi) is 4.34. The van der Waals surface area contributed by atoms with Crippen LogP contribution in [-0.4, -0.2) is 28.4 Å². The number of rotatable bonds is 4. The molecule has 1 saturated heterocycles. The Balaban J connectivity index is 1.45. The van der Waals surface area contributed by atoms with Gasteiger partial charge in [-0.15, -0.1) is 0 Å². The molecule has 0 radical (unpaired) electrons. The second kappa shape index (κ2) is 6.93. The van der Waals surface area contributed by atoms with Crippen LogP contribution in [-0.2, 0) is 11.2 Å². The van der Waals surface area contributed by atoms with Gasteiger partial charge < -0.3 is 9.32 Å². The molecule has 1 aliphatic heterocycles. The summed E-state index contributed by atoms with van der Waals surface area (Å²) in [4.78, 5) is 18.9. The molecule has 1 aliphatic rings. The maximum absolute atomic E-state index is 12.6. The number of hydrogen-bond donors (Lipinski definition) is 0. The van der Waals surface area contributed by atoms with Crippen molar-refractivity contribution in [1.82, 2.24) is 9.88 Å². The molecule has 0 aliphatic carbocycles. The molecule has 0 bridgehead atoms. The average molecular weight is 332 g/mol. The van der Waals surface area contributed by atoms with Crippen LogP contribution in [0.5, 0.6) is 0 Å². The van der Waals surface area contributed by atoms with Gasteiger partial charge in [-0.05, 0) is 37.0 Å². The molecule has 1 aromatic heterocycles. The van der Waals surface area contributed by atoms with Gasteiger partial charge in [0.25, 0.3) is 0 Å². The fraction of sp³-hybridized carbons (Fsp3) is 0.238. The smallest absolute Gasteiger partial charge is 0.247 e. The lowest BCUT2D eigenvalue weighted by Crippen LogP contribution is -2.35. The first-order chi connectivity index (χ1) is 12.3. The number of nitrogens with zero attached hydrogens (tertiary/aromatic N) is 2. The van der Waals surface area contributed by atoms with Gasteiger partial charge in [0, 0.05) is 24.7 Å². The van der Waals surface area contributed by atoms with Crippen molar-refractivity contribution < 1.29 is 9.21 Å². The zero-order chi connectivity index (χ0) is 17.1. The summed E-state index contributed by atoms with van der Waals surface area (Å²) >= 11 is 0. The highest BCUT2D eigenvalue weighted by molar-refractivity contribution is 5.92. The van der Waals surface area contributed by atoms with Crippen LogP contribution < -0.4 is 0 Å². The summed E-state index contributed by atoms with van der Waals surface area (Å²) in [5.74, 6) is 0.494. The van der Waals surface area contributed by atoms with Crippen LogP contribution >= 0.6 is 0 Å². The summed E-state index contributed by atoms with van der Waals surface area (Å²) in [6.45, 7) is 0.814. The largest absolute Gasteiger partial charge is 0.437 e. The molecule has 25 heavy (non-hydrogen) atoms. The molecule has 2 heterocycles. The normalized spacial score (nSPS) is 17.6. The van der Waals surface area contributed by atoms with Crippen molar-refractivity contribution in [2.75, 3.05) is 6.54 Å². The minimum absolute atomic E-state index is 0.0284. The zero-order valence-electron chi connectivity index (χ0n) is 14.0. The lowest BCUT2D eigenvalue weighted by molar-refractivity contribution is -0.126. The number of carbonyl (C=O) groups is 1. The van der Waals surface area contributed by atoms with Gasteiger partial charge in [-0.25, -0.2) is 4.98 Å². The van der Waals surface area contributed by atoms with E-state index in [9.17, 15) is 4.79 Å². The molecule has 0 saturated carbocycles. The second-order valence-electron chi connectivity index (χ2n) is 6.37. The number of fused-ring (bicyclic) bond motifs is 1. The minimum Gasteiger partial charge on any atom is -0.437 e. The van der Waals surface area contributed by atoms with Gasteiger partial charge in [0.05, 0.1) is 0 Å². The maximum Gasteiger partial charge on any atom is 0.247 e. The monoisotopic (exact) mass is 332 g/mol. The minimum atomic E-state index is 0.0284. The van der Waals surface area contributed by atoms with Gasteiger partial charge in [0.1, 0.15) is 5.52 Å². The number of benzene rings is 2. The highest BCUT2D eigenvalue weighted by Crippen LogP contribution is 2.22. The van der Waals surface area contributed by atoms with E-state index < -0.39 is 0 Å². The number of amides is 1. The summed E-state index contributed by atoms with van der Waals surface area (Å²) in [6, 6.07) is 18.2. The lowest BCUT2D eigenvalue weighted by atomic mass is 10.0. The van der Waals surface area contributed by atoms with Crippen LogP contribution in [0.1, 0.15) is 24.3 Å². The number of para-hydroxylation sites is 2. The molecule has 0 N–H and O–H groups in total. The number of likely N-dealkylation sites (tertiary alicyclic amines) is 1. The summed E-state index contributed by atoms with van der Waals surface area (Å²) in [6.07, 6.45) is 6.26. The van der Waals surface area contributed by atoms with E-state index in [1.165, 1.54) is 5.56 Å². The van der Waals surface area contributed by atoms with E-state index in [1.807, 2.05) is 47.4 Å². The fourth-order valence-corrected chi connectivity index (χ4v) is 3.42. The van der Waals surface area contributed by atoms with Gasteiger partial charge in [-0.1, -0.05) is 42.5 Å². The number of hydrogen-bond acceptors (Lipinski definition) is 3. The standard InChI is InChI=1S/C21H20N2O2/c24-21(13-12-20-22-18-10-4-5-11-19(18)25-20)23-14-6-9-17(23)15-16-7-2-1-3-8-16/h1-5,7-8,10-13,17H,6,9,14-15H2/b13-12+. The Hall–Kier alpha value is -2.88. The Morgan fingerprint density at radius 2 is 1.96 bits per heavy atom. The van der Waals surface area contributed by atoms with E-state index in [1.54, 1.807) is 12.2 Å². The van der Waals surface area contributed by atoms with E-state index in [2.05, 4.69) is 17.1 Å². The summed E-state index contributed by atoms with van der Waals surface area (Å²) in [5.41, 5.74) is 2.81. The van der Waals surface area contributed by atoms with Crippen LogP contribution in [0.15, 0.2) is 65.1 Å². The Bertz CT molecular complexity index is 865. The lowest BCUT2D eigenvalue weighted by Gasteiger charge is -2.23. The Morgan fingerprint density at radius 3 is 2.80 bits per heavy atom. The molecule has 1 amide bonds. The molecule has 0 spiro atoms. The Morgan fingerprint density at radius 1 is 1.16 bits per heavy atom. The molecule has 1 fully saturated rings. The molecule has 4 heteroatoms. The van der Waals surface area contributed by atoms with Crippen LogP contribution in [0.25, 0.3) is 17.2 Å². The molecule has 1 unspecified atom stereocenters. The van der Waals surface area contributed by atoms with Gasteiger partial charge in [0.15, 0.2) is 5.58 Å². The zero-order valence-corrected chi connectivity index (χ0v) is 14.0. The predicted octanol–water partition coefficient (Wildman–Crippen LogP) is 4.07. The van der Waals surface area contributed by atoms with Gasteiger partial charge in [-0.2, -0.15) is 0 Å². The van der Waals surface area contributed by atoms with Crippen LogP contribution in [0.3, 0.4) is 0 Å². The highest BCUT2D eigenvalue weighted by atomic mass is 16.3. The summed E-state index contributed by atoms with van der Waals surface area (Å²) in [5, 5.41) is 0. The van der Waals surface area contributed by atoms with Crippen LogP contribution in [0, 0.1) is 0 Å². The van der Waals surface area contributed by atoms with Crippen LogP contribution in [0.4, 0.5) is 0 Å². The van der Waals surface area contributed by atoms with Gasteiger partial charge >= 0.3 is 0 Å². The van der Waals surface area contributed by atoms with Gasteiger partial charge in [-0.3, -0.25) is 4.79 Å². The number of aromatic nitrogens is 1. The maximum atomic E-state index is 12.6. The van der Waals surface area contributed by atoms with E-state index in [0.29, 0.717) is 5.89 Å². The molecule has 1 atom stereocenters. The molecule has 4 rings (SSSR count). The molecular formula is C21H20N2O2. The Labute approximate surface area is 146 Å². The van der Waals surface area contributed by atoms with Crippen molar-refractivity contribution in [1.29, 1.82) is 0 Å². The summed E-state index contributed by atoms with van der Waals surface area (Å²) < 4.78 is 5.63. The van der Waals surface area contributed by atoms with E-state index in [0.717, 1.165) is 36.9 Å². The van der Waals surface area contributed by atoms with Crippen molar-refractivity contribution in [3.8, 4) is 0 Å². The SMILES string of the molecule is O=C(/C=C/c1nc2ccccc2o1)N1CCCC1Cc1ccccc1. The third-order valence-corrected chi connectivity index (χ3v) is 4.65. The van der Waals surface area contributed by atoms with Crippen molar-refractivity contribution in [2.45, 2.75) is 25.3 Å². The molecule has 126 valence electrons. The second-order valence-corrected chi connectivity index (χ2v) is 6.37. The van der Waals surface area contributed by atoms with Gasteiger partial charge in [0.2, 0.25) is 11.8 Å². The third-order valence-electron chi connectivity index (χ3n) is 4.65. The first-order valence-corrected chi connectivity index (χ1v) is 8.68. The van der Waals surface area contributed by atoms with Crippen molar-refractivity contribution in [2.24, 2.45) is 0 Å². The van der Waals surface area contributed by atoms with Crippen molar-refractivity contribution in [3.63, 3.8) is 0 Å². The topological polar surface area (TPSA) is 46.3 Å². The third kappa shape index (κ3) is 3.48. The first kappa shape index (κ1) is 15.6. The first-order valence-electron chi connectivity index (χ1n) is 8.68. The molecular weight excluding hydrogens is 312 g/mol. The van der Waals surface area contributed by atoms with E-state index >= 15 is 0 Å². The highest BCUT2D eigenvalue weighted by Gasteiger charge is 2.27. The molecule has 2 aromatic carbocycles. The van der Waals surface area contributed by atoms with E-state index in [4.69, 9.17) is 4.42 Å². The summed E-state index contributed by atoms with van der Waals surface area (Å²) in [7, 11) is 0. The molecule has 3 aromatic rings. The average Bonchev–Trinajstić information content (AvgIpc) is 3.27. The number of oxazole rings is 1. The van der Waals surface area contributed by atoms with Crippen molar-refractivity contribution >= 4 is 23.1 Å². The van der Waals surface area contributed by atoms with E-state index in [-0.39, 0.29) is 11.9 Å². The van der Waals surface area contributed by atoms with Crippen LogP contribution in [0.2, 0.25) is 0 Å². The predicted molar refractivity (Wildman–Crippen MR) is 97.9 cm³/mol. The molecule has 4 nitrogen and oxygen atoms in total. The number of carbonyl (C=O) groups excluding carboxylic acids is 1. The van der Waals surface area contributed by atoms with Crippen molar-refractivity contribution in [3.05, 3.63) is 72.1 Å². The fourth-order valence-electron chi connectivity index (χ4n) is 3.42. The quantitative estimate of drug-likeness (QED) is 0.677.